The smallest absolute Gasteiger partial charge is 0.333 e. The van der Waals surface area contributed by atoms with Gasteiger partial charge in [-0.05, 0) is 47.3 Å². The van der Waals surface area contributed by atoms with Gasteiger partial charge in [0.25, 0.3) is 11.5 Å². The third-order valence-electron chi connectivity index (χ3n) is 5.07. The van der Waals surface area contributed by atoms with Gasteiger partial charge in [-0.3, -0.25) is 25.2 Å². The lowest BCUT2D eigenvalue weighted by atomic mass is 10.1. The van der Waals surface area contributed by atoms with Crippen molar-refractivity contribution in [1.82, 2.24) is 25.9 Å². The maximum atomic E-state index is 12.5. The number of piperazine rings is 1. The van der Waals surface area contributed by atoms with Crippen molar-refractivity contribution >= 4 is 34.3 Å². The minimum absolute atomic E-state index is 0.0585. The summed E-state index contributed by atoms with van der Waals surface area (Å²) < 4.78 is 0. The number of aromatic nitrogens is 1. The van der Waals surface area contributed by atoms with Crippen molar-refractivity contribution in [2.45, 2.75) is 6.54 Å². The van der Waals surface area contributed by atoms with Gasteiger partial charge in [0.2, 0.25) is 5.91 Å². The van der Waals surface area contributed by atoms with Gasteiger partial charge in [0.05, 0.1) is 12.2 Å². The molecule has 32 heavy (non-hydrogen) atoms. The molecule has 4 rings (SSSR count). The highest BCUT2D eigenvalue weighted by atomic mass is 16.2. The Morgan fingerprint density at radius 3 is 2.62 bits per heavy atom. The lowest BCUT2D eigenvalue weighted by Crippen LogP contribution is -2.49. The number of hydrazine groups is 1. The van der Waals surface area contributed by atoms with Gasteiger partial charge in [-0.25, -0.2) is 4.79 Å². The highest BCUT2D eigenvalue weighted by Crippen LogP contribution is 2.15. The summed E-state index contributed by atoms with van der Waals surface area (Å²) in [5.74, 6) is -0.360. The van der Waals surface area contributed by atoms with Crippen molar-refractivity contribution in [2.24, 2.45) is 0 Å². The number of nitrogens with zero attached hydrogens (tertiary/aromatic N) is 1. The predicted octanol–water partition coefficient (Wildman–Crippen LogP) is 0.926. The van der Waals surface area contributed by atoms with E-state index in [4.69, 9.17) is 0 Å². The van der Waals surface area contributed by atoms with Crippen molar-refractivity contribution in [1.29, 1.82) is 0 Å². The summed E-state index contributed by atoms with van der Waals surface area (Å²) in [6.45, 7) is 1.26. The van der Waals surface area contributed by atoms with Crippen LogP contribution in [0.25, 0.3) is 10.8 Å². The Hall–Kier alpha value is -4.34. The molecule has 1 saturated heterocycles. The molecule has 5 N–H and O–H groups in total. The average Bonchev–Trinajstić information content (AvgIpc) is 2.81. The van der Waals surface area contributed by atoms with E-state index < -0.39 is 6.03 Å². The van der Waals surface area contributed by atoms with Crippen molar-refractivity contribution in [3.63, 3.8) is 0 Å². The van der Waals surface area contributed by atoms with Gasteiger partial charge in [-0.2, -0.15) is 0 Å². The number of hydrogen-bond acceptors (Lipinski definition) is 5. The molecule has 2 heterocycles. The number of carbonyl (C=O) groups is 3. The van der Waals surface area contributed by atoms with Crippen LogP contribution in [0.5, 0.6) is 0 Å². The van der Waals surface area contributed by atoms with E-state index in [1.807, 2.05) is 0 Å². The molecule has 10 heteroatoms. The van der Waals surface area contributed by atoms with Gasteiger partial charge >= 0.3 is 6.03 Å². The van der Waals surface area contributed by atoms with Crippen LogP contribution in [0.1, 0.15) is 15.9 Å². The number of urea groups is 1. The lowest BCUT2D eigenvalue weighted by molar-refractivity contribution is -0.123. The van der Waals surface area contributed by atoms with E-state index in [1.54, 1.807) is 54.7 Å². The minimum atomic E-state index is -0.435. The number of pyridine rings is 1. The quantitative estimate of drug-likeness (QED) is 0.381. The molecule has 0 spiro atoms. The van der Waals surface area contributed by atoms with E-state index in [9.17, 15) is 19.2 Å². The Morgan fingerprint density at radius 2 is 1.84 bits per heavy atom. The van der Waals surface area contributed by atoms with Crippen molar-refractivity contribution in [2.75, 3.05) is 25.1 Å². The fourth-order valence-electron chi connectivity index (χ4n) is 3.39. The maximum absolute atomic E-state index is 12.5. The molecule has 0 saturated carbocycles. The monoisotopic (exact) mass is 434 g/mol. The highest BCUT2D eigenvalue weighted by molar-refractivity contribution is 5.97. The Kier molecular flexibility index (Phi) is 6.02. The molecule has 1 aliphatic rings. The van der Waals surface area contributed by atoms with Gasteiger partial charge < -0.3 is 20.5 Å². The number of amides is 4. The standard InChI is InChI=1S/C22H22N6O4/c29-19-13-28(10-9-23-19)21(31)15-3-1-14(2-4-15)12-25-22(32)27-26-17-5-6-18-16(11-17)7-8-24-20(18)30/h1-8,11,26H,9-10,12-13H2,(H,23,29)(H,24,30)(H2,25,27,32). The summed E-state index contributed by atoms with van der Waals surface area (Å²) in [4.78, 5) is 51.9. The van der Waals surface area contributed by atoms with Crippen LogP contribution in [0.4, 0.5) is 10.5 Å². The van der Waals surface area contributed by atoms with Crippen LogP contribution < -0.4 is 27.0 Å². The second kappa shape index (κ2) is 9.21. The third kappa shape index (κ3) is 4.86. The maximum Gasteiger partial charge on any atom is 0.333 e. The van der Waals surface area contributed by atoms with Gasteiger partial charge in [-0.1, -0.05) is 12.1 Å². The van der Waals surface area contributed by atoms with Gasteiger partial charge in [-0.15, -0.1) is 0 Å². The molecule has 0 radical (unpaired) electrons. The molecule has 1 fully saturated rings. The number of aromatic amines is 1. The Bertz CT molecular complexity index is 1220. The van der Waals surface area contributed by atoms with Crippen LogP contribution in [0.15, 0.2) is 59.5 Å². The Labute approximate surface area is 183 Å². The first-order chi connectivity index (χ1) is 15.5. The number of fused-ring (bicyclic) bond motifs is 1. The molecule has 10 nitrogen and oxygen atoms in total. The molecule has 2 aromatic carbocycles. The molecule has 1 aliphatic heterocycles. The van der Waals surface area contributed by atoms with E-state index in [-0.39, 0.29) is 30.5 Å². The number of H-pyrrole nitrogens is 1. The second-order valence-corrected chi connectivity index (χ2v) is 7.32. The predicted molar refractivity (Wildman–Crippen MR) is 119 cm³/mol. The van der Waals surface area contributed by atoms with Crippen LogP contribution in [0.2, 0.25) is 0 Å². The number of benzene rings is 2. The summed E-state index contributed by atoms with van der Waals surface area (Å²) in [5, 5.41) is 6.72. The van der Waals surface area contributed by atoms with E-state index in [1.165, 1.54) is 4.90 Å². The zero-order valence-electron chi connectivity index (χ0n) is 17.1. The summed E-state index contributed by atoms with van der Waals surface area (Å²) in [6, 6.07) is 13.3. The van der Waals surface area contributed by atoms with Gasteiger partial charge in [0.15, 0.2) is 0 Å². The Balaban J connectivity index is 1.27. The number of anilines is 1. The van der Waals surface area contributed by atoms with E-state index in [0.717, 1.165) is 10.9 Å². The highest BCUT2D eigenvalue weighted by Gasteiger charge is 2.22. The molecule has 0 bridgehead atoms. The molecule has 3 aromatic rings. The van der Waals surface area contributed by atoms with Crippen LogP contribution in [-0.2, 0) is 11.3 Å². The zero-order chi connectivity index (χ0) is 22.5. The first-order valence-corrected chi connectivity index (χ1v) is 10.1. The van der Waals surface area contributed by atoms with Gasteiger partial charge in [0, 0.05) is 36.8 Å². The fourth-order valence-corrected chi connectivity index (χ4v) is 3.39. The average molecular weight is 434 g/mol. The summed E-state index contributed by atoms with van der Waals surface area (Å²) >= 11 is 0. The minimum Gasteiger partial charge on any atom is -0.353 e. The second-order valence-electron chi connectivity index (χ2n) is 7.32. The molecule has 0 aliphatic carbocycles. The first-order valence-electron chi connectivity index (χ1n) is 10.1. The molecule has 164 valence electrons. The molecule has 0 unspecified atom stereocenters. The van der Waals surface area contributed by atoms with Crippen LogP contribution >= 0.6 is 0 Å². The van der Waals surface area contributed by atoms with Crippen LogP contribution in [0.3, 0.4) is 0 Å². The van der Waals surface area contributed by atoms with Crippen molar-refractivity contribution < 1.29 is 14.4 Å². The zero-order valence-corrected chi connectivity index (χ0v) is 17.1. The molecule has 1 aromatic heterocycles. The van der Waals surface area contributed by atoms with E-state index in [0.29, 0.717) is 29.7 Å². The van der Waals surface area contributed by atoms with Crippen LogP contribution in [-0.4, -0.2) is 47.4 Å². The number of rotatable bonds is 5. The largest absolute Gasteiger partial charge is 0.353 e. The first kappa shape index (κ1) is 20.9. The van der Waals surface area contributed by atoms with E-state index in [2.05, 4.69) is 26.5 Å². The van der Waals surface area contributed by atoms with Gasteiger partial charge in [0.1, 0.15) is 0 Å². The summed E-state index contributed by atoms with van der Waals surface area (Å²) in [5.41, 5.74) is 7.11. The summed E-state index contributed by atoms with van der Waals surface area (Å²) in [6.07, 6.45) is 1.57. The van der Waals surface area contributed by atoms with Crippen molar-refractivity contribution in [3.8, 4) is 0 Å². The third-order valence-corrected chi connectivity index (χ3v) is 5.07. The fraction of sp³-hybridized carbons (Fsp3) is 0.182. The lowest BCUT2D eigenvalue weighted by Gasteiger charge is -2.26. The number of nitrogens with one attached hydrogen (secondary N) is 5. The van der Waals surface area contributed by atoms with Crippen molar-refractivity contribution in [3.05, 3.63) is 76.2 Å². The SMILES string of the molecule is O=C1CN(C(=O)c2ccc(CNC(=O)NNc3ccc4c(=O)[nH]ccc4c3)cc2)CCN1. The number of carbonyl (C=O) groups excluding carboxylic acids is 3. The molecular weight excluding hydrogens is 412 g/mol. The Morgan fingerprint density at radius 1 is 1.03 bits per heavy atom. The topological polar surface area (TPSA) is 135 Å². The van der Waals surface area contributed by atoms with E-state index >= 15 is 0 Å². The summed E-state index contributed by atoms with van der Waals surface area (Å²) in [7, 11) is 0. The molecule has 0 atom stereocenters. The molecule has 4 amide bonds. The normalized spacial score (nSPS) is 13.4. The van der Waals surface area contributed by atoms with Crippen LogP contribution in [0, 0.1) is 0 Å². The molecular formula is C22H22N6O4. The number of hydrogen-bond donors (Lipinski definition) is 5.